The van der Waals surface area contributed by atoms with E-state index in [1.807, 2.05) is 24.3 Å². The highest BCUT2D eigenvalue weighted by atomic mass is 19.2. The molecule has 0 bridgehead atoms. The van der Waals surface area contributed by atoms with Gasteiger partial charge in [0.05, 0.1) is 11.6 Å². The molecule has 1 aromatic heterocycles. The van der Waals surface area contributed by atoms with Crippen LogP contribution in [-0.4, -0.2) is 47.5 Å². The molecule has 4 N–H and O–H groups in total. The topological polar surface area (TPSA) is 108 Å². The van der Waals surface area contributed by atoms with Crippen LogP contribution >= 0.6 is 0 Å². The van der Waals surface area contributed by atoms with E-state index in [1.54, 1.807) is 0 Å². The molecule has 0 unspecified atom stereocenters. The Balaban J connectivity index is 1.76. The van der Waals surface area contributed by atoms with Gasteiger partial charge in [-0.05, 0) is 42.6 Å². The van der Waals surface area contributed by atoms with Crippen molar-refractivity contribution in [2.24, 2.45) is 0 Å². The van der Waals surface area contributed by atoms with E-state index in [0.29, 0.717) is 43.1 Å². The Morgan fingerprint density at radius 1 is 1.23 bits per heavy atom. The lowest BCUT2D eigenvalue weighted by Gasteiger charge is -2.40. The first-order chi connectivity index (χ1) is 16.8. The number of benzene rings is 2. The van der Waals surface area contributed by atoms with Gasteiger partial charge in [0.15, 0.2) is 17.4 Å². The highest BCUT2D eigenvalue weighted by Crippen LogP contribution is 2.44. The van der Waals surface area contributed by atoms with Crippen LogP contribution in [0.2, 0.25) is 0 Å². The molecule has 0 spiro atoms. The Bertz CT molecular complexity index is 1200. The SMILES string of the molecule is CC(=O)NCCc1ccccc1-c1onc([C@H]2CNCC[C@]2(O)c2ccc(F)c(F)c2)c1CCO. The Hall–Kier alpha value is -3.14. The van der Waals surface area contributed by atoms with Crippen molar-refractivity contribution in [2.45, 2.75) is 37.7 Å². The van der Waals surface area contributed by atoms with Gasteiger partial charge in [-0.2, -0.15) is 0 Å². The fourth-order valence-corrected chi connectivity index (χ4v) is 4.80. The van der Waals surface area contributed by atoms with E-state index >= 15 is 0 Å². The fraction of sp³-hybridized carbons (Fsp3) is 0.385. The number of nitrogens with one attached hydrogen (secondary N) is 2. The first-order valence-corrected chi connectivity index (χ1v) is 11.7. The molecule has 7 nitrogen and oxygen atoms in total. The number of halogens is 2. The van der Waals surface area contributed by atoms with Crippen LogP contribution < -0.4 is 10.6 Å². The molecule has 1 aliphatic heterocycles. The summed E-state index contributed by atoms with van der Waals surface area (Å²) in [7, 11) is 0. The molecular formula is C26H29F2N3O4. The van der Waals surface area contributed by atoms with Crippen molar-refractivity contribution < 1.29 is 28.3 Å². The number of carbonyl (C=O) groups excluding carboxylic acids is 1. The molecule has 1 fully saturated rings. The van der Waals surface area contributed by atoms with Gasteiger partial charge in [-0.25, -0.2) is 8.78 Å². The summed E-state index contributed by atoms with van der Waals surface area (Å²) in [6.45, 7) is 2.56. The summed E-state index contributed by atoms with van der Waals surface area (Å²) in [5, 5.41) is 31.9. The summed E-state index contributed by atoms with van der Waals surface area (Å²) >= 11 is 0. The summed E-state index contributed by atoms with van der Waals surface area (Å²) < 4.78 is 33.5. The van der Waals surface area contributed by atoms with E-state index in [2.05, 4.69) is 15.8 Å². The van der Waals surface area contributed by atoms with E-state index in [-0.39, 0.29) is 30.9 Å². The zero-order valence-electron chi connectivity index (χ0n) is 19.5. The molecular weight excluding hydrogens is 456 g/mol. The number of hydrogen-bond acceptors (Lipinski definition) is 6. The summed E-state index contributed by atoms with van der Waals surface area (Å²) in [5.41, 5.74) is 1.57. The third-order valence-electron chi connectivity index (χ3n) is 6.57. The highest BCUT2D eigenvalue weighted by Gasteiger charge is 2.45. The van der Waals surface area contributed by atoms with Gasteiger partial charge in [0.25, 0.3) is 0 Å². The zero-order chi connectivity index (χ0) is 25.0. The molecule has 35 heavy (non-hydrogen) atoms. The molecule has 9 heteroatoms. The van der Waals surface area contributed by atoms with Crippen molar-refractivity contribution in [3.63, 3.8) is 0 Å². The van der Waals surface area contributed by atoms with E-state index in [1.165, 1.54) is 13.0 Å². The van der Waals surface area contributed by atoms with Crippen molar-refractivity contribution >= 4 is 5.91 Å². The number of piperidine rings is 1. The van der Waals surface area contributed by atoms with Gasteiger partial charge in [-0.1, -0.05) is 35.5 Å². The molecule has 0 radical (unpaired) electrons. The predicted molar refractivity (Wildman–Crippen MR) is 126 cm³/mol. The van der Waals surface area contributed by atoms with E-state index in [9.17, 15) is 23.8 Å². The molecule has 1 aliphatic rings. The van der Waals surface area contributed by atoms with Crippen LogP contribution in [0.1, 0.15) is 41.6 Å². The summed E-state index contributed by atoms with van der Waals surface area (Å²) in [5.74, 6) is -2.27. The van der Waals surface area contributed by atoms with Gasteiger partial charge in [0.1, 0.15) is 5.60 Å². The molecule has 0 aliphatic carbocycles. The maximum atomic E-state index is 14.1. The summed E-state index contributed by atoms with van der Waals surface area (Å²) in [6, 6.07) is 11.0. The van der Waals surface area contributed by atoms with Gasteiger partial charge in [-0.3, -0.25) is 4.79 Å². The van der Waals surface area contributed by atoms with Crippen LogP contribution in [0.3, 0.4) is 0 Å². The van der Waals surface area contributed by atoms with Gasteiger partial charge < -0.3 is 25.4 Å². The lowest BCUT2D eigenvalue weighted by molar-refractivity contribution is -0.118. The lowest BCUT2D eigenvalue weighted by atomic mass is 9.73. The minimum atomic E-state index is -1.51. The Morgan fingerprint density at radius 2 is 2.03 bits per heavy atom. The number of carbonyl (C=O) groups is 1. The molecule has 2 heterocycles. The number of rotatable bonds is 8. The highest BCUT2D eigenvalue weighted by molar-refractivity contribution is 5.73. The number of nitrogens with zero attached hydrogens (tertiary/aromatic N) is 1. The van der Waals surface area contributed by atoms with Gasteiger partial charge >= 0.3 is 0 Å². The van der Waals surface area contributed by atoms with Crippen LogP contribution in [0.4, 0.5) is 8.78 Å². The summed E-state index contributed by atoms with van der Waals surface area (Å²) in [6.07, 6.45) is 1.06. The molecule has 1 saturated heterocycles. The summed E-state index contributed by atoms with van der Waals surface area (Å²) in [4.78, 5) is 11.3. The monoisotopic (exact) mass is 485 g/mol. The predicted octanol–water partition coefficient (Wildman–Crippen LogP) is 2.80. The van der Waals surface area contributed by atoms with Crippen molar-refractivity contribution in [1.82, 2.24) is 15.8 Å². The molecule has 0 saturated carbocycles. The van der Waals surface area contributed by atoms with Gasteiger partial charge in [0, 0.05) is 44.2 Å². The fourth-order valence-electron chi connectivity index (χ4n) is 4.80. The van der Waals surface area contributed by atoms with Crippen molar-refractivity contribution in [3.05, 3.63) is 76.5 Å². The van der Waals surface area contributed by atoms with E-state index in [4.69, 9.17) is 4.52 Å². The average molecular weight is 486 g/mol. The minimum absolute atomic E-state index is 0.119. The maximum Gasteiger partial charge on any atom is 0.216 e. The smallest absolute Gasteiger partial charge is 0.216 e. The number of aromatic nitrogens is 1. The average Bonchev–Trinajstić information content (AvgIpc) is 3.24. The molecule has 4 rings (SSSR count). The normalized spacial score (nSPS) is 20.1. The maximum absolute atomic E-state index is 14.1. The number of hydrogen-bond donors (Lipinski definition) is 4. The molecule has 3 aromatic rings. The lowest BCUT2D eigenvalue weighted by Crippen LogP contribution is -2.47. The quantitative estimate of drug-likeness (QED) is 0.391. The third-order valence-corrected chi connectivity index (χ3v) is 6.57. The first-order valence-electron chi connectivity index (χ1n) is 11.7. The Kier molecular flexibility index (Phi) is 7.59. The zero-order valence-corrected chi connectivity index (χ0v) is 19.5. The Labute approximate surface area is 202 Å². The van der Waals surface area contributed by atoms with Crippen LogP contribution in [0, 0.1) is 11.6 Å². The van der Waals surface area contributed by atoms with Crippen molar-refractivity contribution in [2.75, 3.05) is 26.2 Å². The van der Waals surface area contributed by atoms with Crippen LogP contribution in [0.25, 0.3) is 11.3 Å². The van der Waals surface area contributed by atoms with Crippen LogP contribution in [-0.2, 0) is 23.2 Å². The largest absolute Gasteiger partial charge is 0.396 e. The van der Waals surface area contributed by atoms with Crippen molar-refractivity contribution in [1.29, 1.82) is 0 Å². The molecule has 1 amide bonds. The van der Waals surface area contributed by atoms with Crippen LogP contribution in [0.15, 0.2) is 47.0 Å². The number of amides is 1. The number of aliphatic hydroxyl groups is 2. The molecule has 186 valence electrons. The van der Waals surface area contributed by atoms with Crippen molar-refractivity contribution in [3.8, 4) is 11.3 Å². The van der Waals surface area contributed by atoms with E-state index < -0.39 is 23.2 Å². The number of aliphatic hydroxyl groups excluding tert-OH is 1. The van der Waals surface area contributed by atoms with Gasteiger partial charge in [0.2, 0.25) is 5.91 Å². The van der Waals surface area contributed by atoms with E-state index in [0.717, 1.165) is 23.3 Å². The second-order valence-corrected chi connectivity index (χ2v) is 8.80. The molecule has 2 atom stereocenters. The third kappa shape index (κ3) is 5.12. The second kappa shape index (κ2) is 10.6. The minimum Gasteiger partial charge on any atom is -0.396 e. The second-order valence-electron chi connectivity index (χ2n) is 8.80. The molecule has 2 aromatic carbocycles. The standard InChI is InChI=1S/C26H29F2N3O4/c1-16(33)30-11-8-17-4-2-3-5-19(17)25-20(9-13-32)24(31-35-25)21-15-29-12-10-26(21,34)18-6-7-22(27)23(28)14-18/h2-7,14,21,29,32,34H,8-13,15H2,1H3,(H,30,33)/t21-,26+/m1/s1. The Morgan fingerprint density at radius 3 is 2.77 bits per heavy atom. The van der Waals surface area contributed by atoms with Gasteiger partial charge in [-0.15, -0.1) is 0 Å². The van der Waals surface area contributed by atoms with Crippen LogP contribution in [0.5, 0.6) is 0 Å². The first kappa shape index (κ1) is 25.0.